The lowest BCUT2D eigenvalue weighted by atomic mass is 10.2. The summed E-state index contributed by atoms with van der Waals surface area (Å²) in [5.41, 5.74) is 0.605. The van der Waals surface area contributed by atoms with Crippen LogP contribution in [-0.2, 0) is 14.3 Å². The molecule has 0 bridgehead atoms. The maximum atomic E-state index is 10.8. The minimum absolute atomic E-state index is 0.531. The second-order valence-electron chi connectivity index (χ2n) is 2.70. The minimum Gasteiger partial charge on any atom is -0.261 e. The van der Waals surface area contributed by atoms with E-state index in [0.29, 0.717) is 5.69 Å². The average molecular weight is 201 g/mol. The van der Waals surface area contributed by atoms with E-state index in [4.69, 9.17) is 4.18 Å². The zero-order valence-corrected chi connectivity index (χ0v) is 8.28. The number of hydrogen-bond donors (Lipinski definition) is 0. The second-order valence-corrected chi connectivity index (χ2v) is 4.30. The Morgan fingerprint density at radius 2 is 2.15 bits per heavy atom. The van der Waals surface area contributed by atoms with E-state index >= 15 is 0 Å². The van der Waals surface area contributed by atoms with Crippen molar-refractivity contribution in [3.63, 3.8) is 0 Å². The molecule has 0 N–H and O–H groups in total. The van der Waals surface area contributed by atoms with Crippen LogP contribution in [0.15, 0.2) is 24.4 Å². The molecule has 0 saturated heterocycles. The van der Waals surface area contributed by atoms with Gasteiger partial charge in [0.15, 0.2) is 0 Å². The Morgan fingerprint density at radius 3 is 2.62 bits per heavy atom. The third-order valence-corrected chi connectivity index (χ3v) is 2.06. The molecule has 13 heavy (non-hydrogen) atoms. The van der Waals surface area contributed by atoms with Gasteiger partial charge in [0.05, 0.1) is 11.9 Å². The number of rotatable bonds is 3. The topological polar surface area (TPSA) is 56.3 Å². The SMILES string of the molecule is C[C@H](OS(C)(=O)=O)c1ccccn1. The van der Waals surface area contributed by atoms with E-state index in [-0.39, 0.29) is 0 Å². The quantitative estimate of drug-likeness (QED) is 0.687. The molecule has 1 aromatic rings. The Balaban J connectivity index is 2.76. The molecule has 1 heterocycles. The molecule has 72 valence electrons. The summed E-state index contributed by atoms with van der Waals surface area (Å²) in [6.07, 6.45) is 2.08. The smallest absolute Gasteiger partial charge is 0.261 e. The molecule has 1 rings (SSSR count). The van der Waals surface area contributed by atoms with E-state index in [1.807, 2.05) is 0 Å². The van der Waals surface area contributed by atoms with Crippen LogP contribution in [0.3, 0.4) is 0 Å². The zero-order chi connectivity index (χ0) is 9.90. The van der Waals surface area contributed by atoms with Crippen molar-refractivity contribution in [3.8, 4) is 0 Å². The Kier molecular flexibility index (Phi) is 3.00. The molecule has 0 unspecified atom stereocenters. The first kappa shape index (κ1) is 10.1. The lowest BCUT2D eigenvalue weighted by molar-refractivity contribution is 0.232. The standard InChI is InChI=1S/C8H11NO3S/c1-7(12-13(2,10)11)8-5-3-4-6-9-8/h3-7H,1-2H3/t7-/m0/s1. The molecule has 1 atom stereocenters. The van der Waals surface area contributed by atoms with Crippen LogP contribution in [0.25, 0.3) is 0 Å². The Bertz CT molecular complexity index is 360. The first-order valence-corrected chi connectivity index (χ1v) is 5.60. The fourth-order valence-electron chi connectivity index (χ4n) is 0.928. The van der Waals surface area contributed by atoms with Crippen molar-refractivity contribution in [2.24, 2.45) is 0 Å². The molecule has 1 aromatic heterocycles. The summed E-state index contributed by atoms with van der Waals surface area (Å²) in [7, 11) is -3.41. The molecular formula is C8H11NO3S. The van der Waals surface area contributed by atoms with Crippen molar-refractivity contribution in [3.05, 3.63) is 30.1 Å². The summed E-state index contributed by atoms with van der Waals surface area (Å²) in [5.74, 6) is 0. The molecule has 0 aromatic carbocycles. The van der Waals surface area contributed by atoms with Crippen molar-refractivity contribution in [1.82, 2.24) is 4.98 Å². The summed E-state index contributed by atoms with van der Waals surface area (Å²) >= 11 is 0. The van der Waals surface area contributed by atoms with E-state index in [9.17, 15) is 8.42 Å². The maximum Gasteiger partial charge on any atom is 0.265 e. The highest BCUT2D eigenvalue weighted by atomic mass is 32.2. The lowest BCUT2D eigenvalue weighted by Crippen LogP contribution is -2.08. The van der Waals surface area contributed by atoms with Crippen molar-refractivity contribution >= 4 is 10.1 Å². The normalized spacial score (nSPS) is 14.0. The van der Waals surface area contributed by atoms with Gasteiger partial charge in [0.2, 0.25) is 0 Å². The number of pyridine rings is 1. The number of aromatic nitrogens is 1. The second kappa shape index (κ2) is 3.85. The molecule has 0 aliphatic heterocycles. The van der Waals surface area contributed by atoms with Crippen LogP contribution in [0.2, 0.25) is 0 Å². The van der Waals surface area contributed by atoms with E-state index in [1.54, 1.807) is 31.3 Å². The molecule has 0 amide bonds. The van der Waals surface area contributed by atoms with Gasteiger partial charge in [-0.25, -0.2) is 0 Å². The third-order valence-electron chi connectivity index (χ3n) is 1.42. The third kappa shape index (κ3) is 3.52. The summed E-state index contributed by atoms with van der Waals surface area (Å²) in [6, 6.07) is 5.26. The zero-order valence-electron chi connectivity index (χ0n) is 7.47. The fourth-order valence-corrected chi connectivity index (χ4v) is 1.55. The van der Waals surface area contributed by atoms with Crippen molar-refractivity contribution in [1.29, 1.82) is 0 Å². The Hall–Kier alpha value is -0.940. The number of hydrogen-bond acceptors (Lipinski definition) is 4. The van der Waals surface area contributed by atoms with Gasteiger partial charge in [-0.05, 0) is 19.1 Å². The van der Waals surface area contributed by atoms with E-state index in [2.05, 4.69) is 4.98 Å². The number of nitrogens with zero attached hydrogens (tertiary/aromatic N) is 1. The van der Waals surface area contributed by atoms with Gasteiger partial charge in [0.25, 0.3) is 10.1 Å². The van der Waals surface area contributed by atoms with Crippen LogP contribution in [0.1, 0.15) is 18.7 Å². The highest BCUT2D eigenvalue weighted by molar-refractivity contribution is 7.86. The molecule has 5 heteroatoms. The molecule has 0 saturated carbocycles. The van der Waals surface area contributed by atoms with Crippen LogP contribution in [0, 0.1) is 0 Å². The van der Waals surface area contributed by atoms with Gasteiger partial charge in [-0.2, -0.15) is 8.42 Å². The molecular weight excluding hydrogens is 190 g/mol. The first-order chi connectivity index (χ1) is 5.99. The van der Waals surface area contributed by atoms with Crippen molar-refractivity contribution in [2.75, 3.05) is 6.26 Å². The largest absolute Gasteiger partial charge is 0.265 e. The minimum atomic E-state index is -3.41. The van der Waals surface area contributed by atoms with Gasteiger partial charge in [-0.15, -0.1) is 0 Å². The van der Waals surface area contributed by atoms with Crippen molar-refractivity contribution < 1.29 is 12.6 Å². The van der Waals surface area contributed by atoms with Crippen LogP contribution in [0.4, 0.5) is 0 Å². The Morgan fingerprint density at radius 1 is 1.46 bits per heavy atom. The first-order valence-electron chi connectivity index (χ1n) is 3.78. The molecule has 0 spiro atoms. The highest BCUT2D eigenvalue weighted by Gasteiger charge is 2.12. The predicted molar refractivity (Wildman–Crippen MR) is 48.6 cm³/mol. The predicted octanol–water partition coefficient (Wildman–Crippen LogP) is 1.12. The van der Waals surface area contributed by atoms with Crippen LogP contribution < -0.4 is 0 Å². The summed E-state index contributed by atoms with van der Waals surface area (Å²) in [4.78, 5) is 3.97. The van der Waals surface area contributed by atoms with Crippen LogP contribution in [0.5, 0.6) is 0 Å². The van der Waals surface area contributed by atoms with Gasteiger partial charge in [-0.1, -0.05) is 6.07 Å². The highest BCUT2D eigenvalue weighted by Crippen LogP contribution is 2.15. The van der Waals surface area contributed by atoms with Crippen molar-refractivity contribution in [2.45, 2.75) is 13.0 Å². The van der Waals surface area contributed by atoms with Gasteiger partial charge in [-0.3, -0.25) is 9.17 Å². The molecule has 4 nitrogen and oxygen atoms in total. The summed E-state index contributed by atoms with van der Waals surface area (Å²) < 4.78 is 26.3. The van der Waals surface area contributed by atoms with Crippen LogP contribution in [-0.4, -0.2) is 19.7 Å². The van der Waals surface area contributed by atoms with Gasteiger partial charge < -0.3 is 0 Å². The van der Waals surface area contributed by atoms with Crippen LogP contribution >= 0.6 is 0 Å². The summed E-state index contributed by atoms with van der Waals surface area (Å²) in [6.45, 7) is 1.64. The molecule has 0 radical (unpaired) electrons. The van der Waals surface area contributed by atoms with E-state index in [1.165, 1.54) is 0 Å². The molecule has 0 aliphatic rings. The Labute approximate surface area is 77.7 Å². The molecule has 0 aliphatic carbocycles. The van der Waals surface area contributed by atoms with E-state index in [0.717, 1.165) is 6.26 Å². The molecule has 0 fully saturated rings. The fraction of sp³-hybridized carbons (Fsp3) is 0.375. The maximum absolute atomic E-state index is 10.8. The summed E-state index contributed by atoms with van der Waals surface area (Å²) in [5, 5.41) is 0. The van der Waals surface area contributed by atoms with Gasteiger partial charge in [0.1, 0.15) is 6.10 Å². The monoisotopic (exact) mass is 201 g/mol. The van der Waals surface area contributed by atoms with E-state index < -0.39 is 16.2 Å². The van der Waals surface area contributed by atoms with Gasteiger partial charge in [0, 0.05) is 6.20 Å². The average Bonchev–Trinajstić information content (AvgIpc) is 2.03. The van der Waals surface area contributed by atoms with Gasteiger partial charge >= 0.3 is 0 Å². The lowest BCUT2D eigenvalue weighted by Gasteiger charge is -2.09.